The van der Waals surface area contributed by atoms with Crippen LogP contribution in [0.5, 0.6) is 0 Å². The first kappa shape index (κ1) is 13.5. The molecule has 1 atom stereocenters. The van der Waals surface area contributed by atoms with Crippen LogP contribution in [0.2, 0.25) is 0 Å². The van der Waals surface area contributed by atoms with Crippen LogP contribution in [0.15, 0.2) is 18.2 Å². The summed E-state index contributed by atoms with van der Waals surface area (Å²) in [6.07, 6.45) is 0.179. The van der Waals surface area contributed by atoms with Crippen molar-refractivity contribution in [2.75, 3.05) is 11.5 Å². The molecule has 0 heterocycles. The monoisotopic (exact) mass is 246 g/mol. The molecule has 0 saturated carbocycles. The second-order valence-corrected chi connectivity index (χ2v) is 4.97. The molecule has 90 valence electrons. The number of halogens is 2. The third kappa shape index (κ3) is 4.49. The van der Waals surface area contributed by atoms with E-state index in [0.29, 0.717) is 6.42 Å². The smallest absolute Gasteiger partial charge is 0.126 e. The minimum Gasteiger partial charge on any atom is -0.393 e. The van der Waals surface area contributed by atoms with Crippen LogP contribution < -0.4 is 0 Å². The van der Waals surface area contributed by atoms with Crippen molar-refractivity contribution in [3.63, 3.8) is 0 Å². The fourth-order valence-corrected chi connectivity index (χ4v) is 2.15. The molecule has 0 spiro atoms. The Morgan fingerprint density at radius 3 is 2.81 bits per heavy atom. The maximum Gasteiger partial charge on any atom is 0.126 e. The van der Waals surface area contributed by atoms with Gasteiger partial charge in [0.05, 0.1) is 6.10 Å². The molecule has 0 radical (unpaired) electrons. The van der Waals surface area contributed by atoms with E-state index in [9.17, 15) is 13.9 Å². The Morgan fingerprint density at radius 2 is 2.12 bits per heavy atom. The van der Waals surface area contributed by atoms with Gasteiger partial charge in [-0.3, -0.25) is 0 Å². The Morgan fingerprint density at radius 1 is 1.38 bits per heavy atom. The Labute approximate surface area is 98.9 Å². The number of aliphatic hydroxyl groups is 1. The summed E-state index contributed by atoms with van der Waals surface area (Å²) in [5.74, 6) is 0.922. The van der Waals surface area contributed by atoms with Crippen LogP contribution in [0.3, 0.4) is 0 Å². The van der Waals surface area contributed by atoms with Crippen molar-refractivity contribution in [3.8, 4) is 0 Å². The minimum atomic E-state index is -0.602. The van der Waals surface area contributed by atoms with Crippen molar-refractivity contribution >= 4 is 11.8 Å². The molecule has 0 aromatic heterocycles. The molecule has 4 heteroatoms. The summed E-state index contributed by atoms with van der Waals surface area (Å²) in [5, 5.41) is 9.64. The van der Waals surface area contributed by atoms with Crippen molar-refractivity contribution in [3.05, 3.63) is 35.4 Å². The van der Waals surface area contributed by atoms with Gasteiger partial charge in [-0.05, 0) is 41.7 Å². The Bertz CT molecular complexity index is 331. The van der Waals surface area contributed by atoms with E-state index < -0.39 is 17.7 Å². The predicted molar refractivity (Wildman–Crippen MR) is 63.7 cm³/mol. The number of rotatable bonds is 6. The summed E-state index contributed by atoms with van der Waals surface area (Å²) in [4.78, 5) is 0. The highest BCUT2D eigenvalue weighted by atomic mass is 32.2. The van der Waals surface area contributed by atoms with Gasteiger partial charge in [-0.1, -0.05) is 6.92 Å². The van der Waals surface area contributed by atoms with E-state index in [2.05, 4.69) is 0 Å². The van der Waals surface area contributed by atoms with E-state index >= 15 is 0 Å². The van der Waals surface area contributed by atoms with E-state index in [-0.39, 0.29) is 12.0 Å². The molecule has 0 amide bonds. The van der Waals surface area contributed by atoms with Crippen LogP contribution in [0.4, 0.5) is 8.78 Å². The van der Waals surface area contributed by atoms with Gasteiger partial charge in [0.1, 0.15) is 11.6 Å². The van der Waals surface area contributed by atoms with Crippen LogP contribution in [0.1, 0.15) is 18.9 Å². The summed E-state index contributed by atoms with van der Waals surface area (Å²) in [7, 11) is 0. The second-order valence-electron chi connectivity index (χ2n) is 3.58. The molecule has 0 saturated heterocycles. The van der Waals surface area contributed by atoms with Gasteiger partial charge < -0.3 is 5.11 Å². The SMILES string of the molecule is CCSCCC(O)Cc1cc(F)ccc1F. The highest BCUT2D eigenvalue weighted by molar-refractivity contribution is 7.99. The van der Waals surface area contributed by atoms with Gasteiger partial charge in [0.2, 0.25) is 0 Å². The van der Waals surface area contributed by atoms with Gasteiger partial charge in [-0.15, -0.1) is 0 Å². The van der Waals surface area contributed by atoms with Crippen molar-refractivity contribution in [1.82, 2.24) is 0 Å². The average Bonchev–Trinajstić information content (AvgIpc) is 2.24. The molecule has 1 unspecified atom stereocenters. The third-order valence-electron chi connectivity index (χ3n) is 2.26. The first-order valence-electron chi connectivity index (χ1n) is 5.33. The zero-order valence-corrected chi connectivity index (χ0v) is 10.1. The van der Waals surface area contributed by atoms with Crippen molar-refractivity contribution in [2.45, 2.75) is 25.9 Å². The number of aliphatic hydroxyl groups excluding tert-OH is 1. The van der Waals surface area contributed by atoms with Gasteiger partial charge >= 0.3 is 0 Å². The maximum atomic E-state index is 13.2. The Hall–Kier alpha value is -0.610. The molecule has 16 heavy (non-hydrogen) atoms. The third-order valence-corrected chi connectivity index (χ3v) is 3.20. The number of hydrogen-bond acceptors (Lipinski definition) is 2. The first-order chi connectivity index (χ1) is 7.63. The van der Waals surface area contributed by atoms with Crippen LogP contribution in [0, 0.1) is 11.6 Å². The van der Waals surface area contributed by atoms with E-state index in [1.165, 1.54) is 0 Å². The summed E-state index contributed by atoms with van der Waals surface area (Å²) in [6, 6.07) is 3.32. The normalized spacial score (nSPS) is 12.8. The molecule has 1 nitrogen and oxygen atoms in total. The summed E-state index contributed by atoms with van der Waals surface area (Å²) in [6.45, 7) is 2.04. The standard InChI is InChI=1S/C12H16F2OS/c1-2-16-6-5-11(15)8-9-7-10(13)3-4-12(9)14/h3-4,7,11,15H,2,5-6,8H2,1H3. The summed E-state index contributed by atoms with van der Waals surface area (Å²) >= 11 is 1.73. The molecule has 0 bridgehead atoms. The molecule has 1 N–H and O–H groups in total. The highest BCUT2D eigenvalue weighted by Gasteiger charge is 2.10. The fraction of sp³-hybridized carbons (Fsp3) is 0.500. The number of hydrogen-bond donors (Lipinski definition) is 1. The largest absolute Gasteiger partial charge is 0.393 e. The number of thioether (sulfide) groups is 1. The quantitative estimate of drug-likeness (QED) is 0.779. The average molecular weight is 246 g/mol. The maximum absolute atomic E-state index is 13.2. The molecule has 1 aromatic carbocycles. The van der Waals surface area contributed by atoms with Crippen LogP contribution in [-0.2, 0) is 6.42 Å². The molecule has 1 rings (SSSR count). The lowest BCUT2D eigenvalue weighted by atomic mass is 10.1. The zero-order chi connectivity index (χ0) is 12.0. The zero-order valence-electron chi connectivity index (χ0n) is 9.25. The minimum absolute atomic E-state index is 0.174. The van der Waals surface area contributed by atoms with Gasteiger partial charge in [0.15, 0.2) is 0 Å². The first-order valence-corrected chi connectivity index (χ1v) is 6.48. The van der Waals surface area contributed by atoms with Crippen LogP contribution in [-0.4, -0.2) is 22.7 Å². The van der Waals surface area contributed by atoms with Crippen LogP contribution >= 0.6 is 11.8 Å². The lowest BCUT2D eigenvalue weighted by Crippen LogP contribution is -2.12. The topological polar surface area (TPSA) is 20.2 Å². The summed E-state index contributed by atoms with van der Waals surface area (Å²) < 4.78 is 26.1. The van der Waals surface area contributed by atoms with E-state index in [1.54, 1.807) is 11.8 Å². The highest BCUT2D eigenvalue weighted by Crippen LogP contribution is 2.14. The van der Waals surface area contributed by atoms with Crippen LogP contribution in [0.25, 0.3) is 0 Å². The molecule has 0 fully saturated rings. The fourth-order valence-electron chi connectivity index (χ4n) is 1.42. The van der Waals surface area contributed by atoms with E-state index in [1.807, 2.05) is 6.92 Å². The lowest BCUT2D eigenvalue weighted by Gasteiger charge is -2.10. The predicted octanol–water partition coefficient (Wildman–Crippen LogP) is 3.01. The lowest BCUT2D eigenvalue weighted by molar-refractivity contribution is 0.171. The molecule has 0 aliphatic carbocycles. The molecule has 1 aromatic rings. The molecule has 0 aliphatic heterocycles. The van der Waals surface area contributed by atoms with Gasteiger partial charge in [-0.25, -0.2) is 8.78 Å². The molecular formula is C12H16F2OS. The van der Waals surface area contributed by atoms with E-state index in [0.717, 1.165) is 29.7 Å². The van der Waals surface area contributed by atoms with Gasteiger partial charge in [0, 0.05) is 6.42 Å². The van der Waals surface area contributed by atoms with E-state index in [4.69, 9.17) is 0 Å². The number of benzene rings is 1. The van der Waals surface area contributed by atoms with Crippen molar-refractivity contribution < 1.29 is 13.9 Å². The van der Waals surface area contributed by atoms with Crippen molar-refractivity contribution in [1.29, 1.82) is 0 Å². The van der Waals surface area contributed by atoms with Gasteiger partial charge in [-0.2, -0.15) is 11.8 Å². The Balaban J connectivity index is 2.48. The van der Waals surface area contributed by atoms with Crippen molar-refractivity contribution in [2.24, 2.45) is 0 Å². The van der Waals surface area contributed by atoms with Gasteiger partial charge in [0.25, 0.3) is 0 Å². The second kappa shape index (κ2) is 6.86. The molecular weight excluding hydrogens is 230 g/mol. The Kier molecular flexibility index (Phi) is 5.77. The summed E-state index contributed by atoms with van der Waals surface area (Å²) in [5.41, 5.74) is 0.244. The molecule has 0 aliphatic rings.